The largest absolute Gasteiger partial charge is 0.480 e. The molecular formula is C18H23N3O4. The zero-order valence-corrected chi connectivity index (χ0v) is 14.4. The number of pyridine rings is 1. The summed E-state index contributed by atoms with van der Waals surface area (Å²) in [5.74, 6) is -1.07. The van der Waals surface area contributed by atoms with E-state index in [2.05, 4.69) is 4.98 Å². The second-order valence-corrected chi connectivity index (χ2v) is 7.12. The lowest BCUT2D eigenvalue weighted by Gasteiger charge is -2.39. The number of hydrogen-bond donors (Lipinski definition) is 1. The Morgan fingerprint density at radius 3 is 2.56 bits per heavy atom. The number of likely N-dealkylation sites (tertiary alicyclic amines) is 2. The number of carbonyl (C=O) groups excluding carboxylic acids is 2. The molecule has 0 saturated carbocycles. The van der Waals surface area contributed by atoms with Crippen molar-refractivity contribution >= 4 is 17.8 Å². The highest BCUT2D eigenvalue weighted by atomic mass is 16.4. The summed E-state index contributed by atoms with van der Waals surface area (Å²) in [5, 5.41) is 9.39. The van der Waals surface area contributed by atoms with Crippen LogP contribution in [0.3, 0.4) is 0 Å². The Bertz CT molecular complexity index is 644. The molecule has 2 amide bonds. The van der Waals surface area contributed by atoms with Gasteiger partial charge >= 0.3 is 5.97 Å². The molecule has 0 bridgehead atoms. The van der Waals surface area contributed by atoms with Crippen LogP contribution in [0.5, 0.6) is 0 Å². The molecule has 1 aromatic rings. The molecule has 1 N–H and O–H groups in total. The maximum atomic E-state index is 12.5. The molecule has 2 aliphatic rings. The maximum absolute atomic E-state index is 12.5. The number of hydrogen-bond acceptors (Lipinski definition) is 4. The first-order chi connectivity index (χ1) is 11.9. The van der Waals surface area contributed by atoms with Gasteiger partial charge in [-0.05, 0) is 36.3 Å². The second kappa shape index (κ2) is 6.82. The second-order valence-electron chi connectivity index (χ2n) is 7.12. The van der Waals surface area contributed by atoms with Gasteiger partial charge in [0.2, 0.25) is 11.8 Å². The fourth-order valence-corrected chi connectivity index (χ4v) is 3.99. The molecule has 2 saturated heterocycles. The van der Waals surface area contributed by atoms with E-state index in [-0.39, 0.29) is 17.2 Å². The molecule has 3 heterocycles. The smallest absolute Gasteiger partial charge is 0.326 e. The van der Waals surface area contributed by atoms with E-state index in [9.17, 15) is 19.5 Å². The number of carboxylic acids is 1. The van der Waals surface area contributed by atoms with Gasteiger partial charge in [-0.3, -0.25) is 14.6 Å². The van der Waals surface area contributed by atoms with Gasteiger partial charge in [0.25, 0.3) is 0 Å². The van der Waals surface area contributed by atoms with Crippen molar-refractivity contribution in [1.82, 2.24) is 14.8 Å². The topological polar surface area (TPSA) is 90.8 Å². The van der Waals surface area contributed by atoms with Crippen molar-refractivity contribution in [3.05, 3.63) is 30.1 Å². The molecule has 0 aliphatic carbocycles. The Balaban J connectivity index is 1.61. The van der Waals surface area contributed by atoms with Crippen LogP contribution in [0, 0.1) is 5.41 Å². The quantitative estimate of drug-likeness (QED) is 0.880. The Hall–Kier alpha value is -2.44. The third-order valence-electron chi connectivity index (χ3n) is 5.45. The van der Waals surface area contributed by atoms with Gasteiger partial charge in [-0.25, -0.2) is 4.79 Å². The third-order valence-corrected chi connectivity index (χ3v) is 5.45. The summed E-state index contributed by atoms with van der Waals surface area (Å²) in [4.78, 5) is 43.0. The molecule has 0 aromatic carbocycles. The van der Waals surface area contributed by atoms with E-state index in [4.69, 9.17) is 0 Å². The zero-order chi connectivity index (χ0) is 18.0. The van der Waals surface area contributed by atoms with E-state index in [0.29, 0.717) is 32.5 Å². The summed E-state index contributed by atoms with van der Waals surface area (Å²) in [5.41, 5.74) is 0.710. The van der Waals surface area contributed by atoms with Crippen molar-refractivity contribution in [3.63, 3.8) is 0 Å². The van der Waals surface area contributed by atoms with Crippen LogP contribution in [0.25, 0.3) is 0 Å². The van der Waals surface area contributed by atoms with E-state index in [1.54, 1.807) is 12.4 Å². The van der Waals surface area contributed by atoms with Crippen LogP contribution >= 0.6 is 0 Å². The summed E-state index contributed by atoms with van der Waals surface area (Å²) in [6.45, 7) is 3.11. The van der Waals surface area contributed by atoms with Gasteiger partial charge in [0.15, 0.2) is 0 Å². The van der Waals surface area contributed by atoms with Crippen molar-refractivity contribution in [3.8, 4) is 0 Å². The predicted molar refractivity (Wildman–Crippen MR) is 89.6 cm³/mol. The van der Waals surface area contributed by atoms with Crippen LogP contribution in [-0.2, 0) is 20.8 Å². The van der Waals surface area contributed by atoms with Crippen LogP contribution in [0.1, 0.15) is 31.7 Å². The minimum atomic E-state index is -0.942. The molecule has 25 heavy (non-hydrogen) atoms. The van der Waals surface area contributed by atoms with Gasteiger partial charge in [0, 0.05) is 39.0 Å². The minimum absolute atomic E-state index is 0.0686. The minimum Gasteiger partial charge on any atom is -0.480 e. The van der Waals surface area contributed by atoms with Gasteiger partial charge in [-0.15, -0.1) is 0 Å². The Morgan fingerprint density at radius 2 is 2.04 bits per heavy atom. The lowest BCUT2D eigenvalue weighted by Crippen LogP contribution is -2.45. The molecule has 2 aliphatic heterocycles. The number of piperidine rings is 1. The number of aliphatic carboxylic acids is 1. The van der Waals surface area contributed by atoms with Gasteiger partial charge in [-0.1, -0.05) is 6.07 Å². The third kappa shape index (κ3) is 3.65. The lowest BCUT2D eigenvalue weighted by atomic mass is 9.76. The van der Waals surface area contributed by atoms with Crippen molar-refractivity contribution < 1.29 is 19.5 Å². The molecule has 7 heteroatoms. The van der Waals surface area contributed by atoms with Crippen LogP contribution in [0.4, 0.5) is 0 Å². The van der Waals surface area contributed by atoms with Crippen molar-refractivity contribution in [2.45, 2.75) is 38.6 Å². The molecule has 0 radical (unpaired) electrons. The van der Waals surface area contributed by atoms with Gasteiger partial charge < -0.3 is 14.9 Å². The van der Waals surface area contributed by atoms with Crippen molar-refractivity contribution in [1.29, 1.82) is 0 Å². The molecular weight excluding hydrogens is 322 g/mol. The highest BCUT2D eigenvalue weighted by molar-refractivity contribution is 5.83. The summed E-state index contributed by atoms with van der Waals surface area (Å²) >= 11 is 0. The monoisotopic (exact) mass is 345 g/mol. The van der Waals surface area contributed by atoms with E-state index < -0.39 is 12.0 Å². The highest BCUT2D eigenvalue weighted by Crippen LogP contribution is 2.43. The Morgan fingerprint density at radius 1 is 1.32 bits per heavy atom. The Labute approximate surface area is 146 Å². The molecule has 7 nitrogen and oxygen atoms in total. The first-order valence-corrected chi connectivity index (χ1v) is 8.57. The average molecular weight is 345 g/mol. The molecule has 0 unspecified atom stereocenters. The average Bonchev–Trinajstić information content (AvgIpc) is 2.96. The molecule has 3 rings (SSSR count). The van der Waals surface area contributed by atoms with E-state index in [1.165, 1.54) is 11.8 Å². The van der Waals surface area contributed by atoms with Crippen LogP contribution in [0.15, 0.2) is 24.5 Å². The molecule has 2 fully saturated rings. The van der Waals surface area contributed by atoms with E-state index in [0.717, 1.165) is 18.4 Å². The van der Waals surface area contributed by atoms with E-state index in [1.807, 2.05) is 17.0 Å². The van der Waals surface area contributed by atoms with Crippen LogP contribution in [0.2, 0.25) is 0 Å². The highest BCUT2D eigenvalue weighted by Gasteiger charge is 2.49. The number of amides is 2. The zero-order valence-electron chi connectivity index (χ0n) is 14.4. The van der Waals surface area contributed by atoms with E-state index >= 15 is 0 Å². The lowest BCUT2D eigenvalue weighted by molar-refractivity contribution is -0.147. The molecule has 1 atom stereocenters. The van der Waals surface area contributed by atoms with Crippen LogP contribution < -0.4 is 0 Å². The summed E-state index contributed by atoms with van der Waals surface area (Å²) in [6, 6.07) is 2.96. The number of carboxylic acid groups (broad SMARTS) is 1. The maximum Gasteiger partial charge on any atom is 0.326 e. The fourth-order valence-electron chi connectivity index (χ4n) is 3.99. The predicted octanol–water partition coefficient (Wildman–Crippen LogP) is 0.938. The van der Waals surface area contributed by atoms with Crippen LogP contribution in [-0.4, -0.2) is 63.4 Å². The fraction of sp³-hybridized carbons (Fsp3) is 0.556. The molecule has 134 valence electrons. The first-order valence-electron chi connectivity index (χ1n) is 8.57. The first kappa shape index (κ1) is 17.4. The van der Waals surface area contributed by atoms with Crippen molar-refractivity contribution in [2.24, 2.45) is 5.41 Å². The molecule has 1 aromatic heterocycles. The van der Waals surface area contributed by atoms with Gasteiger partial charge in [-0.2, -0.15) is 0 Å². The van der Waals surface area contributed by atoms with Crippen molar-refractivity contribution in [2.75, 3.05) is 19.6 Å². The standard InChI is InChI=1S/C18H23N3O4/c1-13(22)21-12-18(10-15(21)17(24)25)4-7-20(8-5-18)16(23)9-14-3-2-6-19-11-14/h2-3,6,11,15H,4-5,7-10,12H2,1H3,(H,24,25)/t15-/m1/s1. The summed E-state index contributed by atoms with van der Waals surface area (Å²) in [7, 11) is 0. The van der Waals surface area contributed by atoms with Gasteiger partial charge in [0.1, 0.15) is 6.04 Å². The van der Waals surface area contributed by atoms with Gasteiger partial charge in [0.05, 0.1) is 6.42 Å². The molecule has 1 spiro atoms. The number of nitrogens with zero attached hydrogens (tertiary/aromatic N) is 3. The number of rotatable bonds is 3. The summed E-state index contributed by atoms with van der Waals surface area (Å²) in [6.07, 6.45) is 5.66. The Kier molecular flexibility index (Phi) is 4.74. The normalized spacial score (nSPS) is 22.2. The summed E-state index contributed by atoms with van der Waals surface area (Å²) < 4.78 is 0. The number of aromatic nitrogens is 1. The number of carbonyl (C=O) groups is 3. The SMILES string of the molecule is CC(=O)N1CC2(CCN(C(=O)Cc3cccnc3)CC2)C[C@@H]1C(=O)O.